The van der Waals surface area contributed by atoms with Crippen LogP contribution in [0.3, 0.4) is 0 Å². The van der Waals surface area contributed by atoms with Crippen LogP contribution in [0.1, 0.15) is 6.42 Å². The van der Waals surface area contributed by atoms with Crippen molar-refractivity contribution in [2.75, 3.05) is 0 Å². The molecule has 26 valence electrons. The molecule has 0 aliphatic carbocycles. The summed E-state index contributed by atoms with van der Waals surface area (Å²) in [7, 11) is 0. The monoisotopic (exact) mass is 119 g/mol. The Bertz CT molecular complexity index is 17.6. The number of allylic oxidation sites excluding steroid dienone is 1. The van der Waals surface area contributed by atoms with Crippen LogP contribution in [0.4, 0.5) is 0 Å². The van der Waals surface area contributed by atoms with Gasteiger partial charge in [-0.15, -0.1) is 12.7 Å². The second-order valence-electron chi connectivity index (χ2n) is 0.577. The molecule has 0 atom stereocenters. The maximum Gasteiger partial charge on any atom is 0 e. The SMILES string of the molecule is C=CC[CH2-].[Zn]. The van der Waals surface area contributed by atoms with Gasteiger partial charge in [0.05, 0.1) is 0 Å². The number of rotatable bonds is 1. The molecule has 0 unspecified atom stereocenters. The minimum Gasteiger partial charge on any atom is -0.340 e. The Hall–Kier alpha value is 0.363. The Morgan fingerprint density at radius 3 is 2.00 bits per heavy atom. The molecule has 0 aliphatic rings. The first-order valence-corrected chi connectivity index (χ1v) is 1.32. The molecule has 0 amide bonds. The largest absolute Gasteiger partial charge is 0.340 e. The van der Waals surface area contributed by atoms with E-state index in [0.29, 0.717) is 0 Å². The van der Waals surface area contributed by atoms with Crippen LogP contribution in [0.25, 0.3) is 0 Å². The van der Waals surface area contributed by atoms with Crippen molar-refractivity contribution >= 4 is 0 Å². The van der Waals surface area contributed by atoms with E-state index < -0.39 is 0 Å². The van der Waals surface area contributed by atoms with Crippen LogP contribution in [-0.4, -0.2) is 0 Å². The normalized spacial score (nSPS) is 5.00. The average molecular weight is 120 g/mol. The third-order valence-corrected chi connectivity index (χ3v) is 0.204. The fourth-order valence-electron chi connectivity index (χ4n) is 0. The minimum atomic E-state index is 0. The zero-order valence-corrected chi connectivity index (χ0v) is 6.37. The summed E-state index contributed by atoms with van der Waals surface area (Å²) in [4.78, 5) is 0. The molecule has 0 bridgehead atoms. The zero-order chi connectivity index (χ0) is 3.41. The van der Waals surface area contributed by atoms with E-state index in [1.165, 1.54) is 0 Å². The maximum atomic E-state index is 3.49. The Labute approximate surface area is 46.0 Å². The van der Waals surface area contributed by atoms with Crippen molar-refractivity contribution in [2.45, 2.75) is 6.42 Å². The Kier molecular flexibility index (Phi) is 16.0. The predicted molar refractivity (Wildman–Crippen MR) is 20.2 cm³/mol. The van der Waals surface area contributed by atoms with Crippen molar-refractivity contribution in [1.82, 2.24) is 0 Å². The third-order valence-electron chi connectivity index (χ3n) is 0.204. The van der Waals surface area contributed by atoms with Gasteiger partial charge < -0.3 is 6.92 Å². The van der Waals surface area contributed by atoms with Crippen molar-refractivity contribution in [3.8, 4) is 0 Å². The van der Waals surface area contributed by atoms with Crippen molar-refractivity contribution in [3.63, 3.8) is 0 Å². The van der Waals surface area contributed by atoms with Gasteiger partial charge in [-0.3, -0.25) is 0 Å². The van der Waals surface area contributed by atoms with Gasteiger partial charge in [-0.1, -0.05) is 0 Å². The summed E-state index contributed by atoms with van der Waals surface area (Å²) >= 11 is 0. The Morgan fingerprint density at radius 2 is 2.00 bits per heavy atom. The smallest absolute Gasteiger partial charge is 0 e. The van der Waals surface area contributed by atoms with Gasteiger partial charge in [0, 0.05) is 19.5 Å². The van der Waals surface area contributed by atoms with E-state index in [2.05, 4.69) is 13.5 Å². The van der Waals surface area contributed by atoms with E-state index in [4.69, 9.17) is 0 Å². The van der Waals surface area contributed by atoms with Crippen molar-refractivity contribution in [1.29, 1.82) is 0 Å². The van der Waals surface area contributed by atoms with E-state index in [1.54, 1.807) is 6.08 Å². The van der Waals surface area contributed by atoms with Crippen molar-refractivity contribution in [3.05, 3.63) is 19.6 Å². The van der Waals surface area contributed by atoms with Gasteiger partial charge >= 0.3 is 0 Å². The molecule has 0 saturated carbocycles. The van der Waals surface area contributed by atoms with E-state index in [0.717, 1.165) is 6.42 Å². The van der Waals surface area contributed by atoms with Gasteiger partial charge in [0.2, 0.25) is 0 Å². The van der Waals surface area contributed by atoms with Crippen LogP contribution >= 0.6 is 0 Å². The predicted octanol–water partition coefficient (Wildman–Crippen LogP) is 1.39. The summed E-state index contributed by atoms with van der Waals surface area (Å²) in [6.45, 7) is 6.90. The quantitative estimate of drug-likeness (QED) is 0.279. The summed E-state index contributed by atoms with van der Waals surface area (Å²) in [6, 6.07) is 0. The summed E-state index contributed by atoms with van der Waals surface area (Å²) < 4.78 is 0. The fourth-order valence-corrected chi connectivity index (χ4v) is 0. The van der Waals surface area contributed by atoms with Crippen LogP contribution in [0, 0.1) is 6.92 Å². The van der Waals surface area contributed by atoms with Crippen LogP contribution in [0.2, 0.25) is 0 Å². The van der Waals surface area contributed by atoms with Gasteiger partial charge in [-0.25, -0.2) is 0 Å². The molecule has 0 heterocycles. The molecule has 1 heteroatoms. The van der Waals surface area contributed by atoms with Crippen LogP contribution in [0.5, 0.6) is 0 Å². The fraction of sp³-hybridized carbons (Fsp3) is 0.250. The minimum absolute atomic E-state index is 0. The molecule has 0 fully saturated rings. The van der Waals surface area contributed by atoms with Gasteiger partial charge in [0.1, 0.15) is 0 Å². The Balaban J connectivity index is 0. The molecule has 0 N–H and O–H groups in total. The third kappa shape index (κ3) is 13.1. The van der Waals surface area contributed by atoms with Gasteiger partial charge in [0.15, 0.2) is 0 Å². The van der Waals surface area contributed by atoms with E-state index in [1.807, 2.05) is 0 Å². The summed E-state index contributed by atoms with van der Waals surface area (Å²) in [5, 5.41) is 0. The van der Waals surface area contributed by atoms with Crippen molar-refractivity contribution in [2.24, 2.45) is 0 Å². The van der Waals surface area contributed by atoms with E-state index >= 15 is 0 Å². The Morgan fingerprint density at radius 1 is 1.80 bits per heavy atom. The van der Waals surface area contributed by atoms with E-state index in [-0.39, 0.29) is 19.5 Å². The molecule has 0 aromatic carbocycles. The first-order chi connectivity index (χ1) is 1.91. The number of hydrogen-bond acceptors (Lipinski definition) is 0. The average Bonchev–Trinajstić information content (AvgIpc) is 1.37. The van der Waals surface area contributed by atoms with E-state index in [9.17, 15) is 0 Å². The second kappa shape index (κ2) is 8.84. The van der Waals surface area contributed by atoms with Crippen LogP contribution < -0.4 is 0 Å². The molecule has 0 saturated heterocycles. The standard InChI is InChI=1S/C4H7.Zn/c1-3-4-2;/h3H,1-2,4H2;/q-1;. The first-order valence-electron chi connectivity index (χ1n) is 1.32. The molecule has 0 nitrogen and oxygen atoms in total. The number of hydrogen-bond donors (Lipinski definition) is 0. The van der Waals surface area contributed by atoms with Gasteiger partial charge in [-0.2, -0.15) is 6.42 Å². The summed E-state index contributed by atoms with van der Waals surface area (Å²) in [5.41, 5.74) is 0. The topological polar surface area (TPSA) is 0 Å². The maximum absolute atomic E-state index is 3.49. The molecule has 0 rings (SSSR count). The molecular weight excluding hydrogens is 113 g/mol. The van der Waals surface area contributed by atoms with Crippen LogP contribution in [0.15, 0.2) is 12.7 Å². The molecule has 0 aliphatic heterocycles. The summed E-state index contributed by atoms with van der Waals surface area (Å²) in [5.74, 6) is 0. The zero-order valence-electron chi connectivity index (χ0n) is 3.41. The second-order valence-corrected chi connectivity index (χ2v) is 0.577. The molecule has 0 spiro atoms. The molecule has 0 aromatic rings. The summed E-state index contributed by atoms with van der Waals surface area (Å²) in [6.07, 6.45) is 2.60. The molecule has 0 radical (unpaired) electrons. The molecule has 0 aromatic heterocycles. The first kappa shape index (κ1) is 9.03. The van der Waals surface area contributed by atoms with Crippen LogP contribution in [-0.2, 0) is 19.5 Å². The molecule has 5 heavy (non-hydrogen) atoms. The van der Waals surface area contributed by atoms with Gasteiger partial charge in [-0.05, 0) is 0 Å². The molecular formula is C4H7Zn-. The van der Waals surface area contributed by atoms with Gasteiger partial charge in [0.25, 0.3) is 0 Å². The van der Waals surface area contributed by atoms with Crippen molar-refractivity contribution < 1.29 is 19.5 Å².